The van der Waals surface area contributed by atoms with Gasteiger partial charge in [-0.05, 0) is 57.0 Å². The highest BCUT2D eigenvalue weighted by Gasteiger charge is 2.30. The van der Waals surface area contributed by atoms with E-state index in [0.717, 1.165) is 45.2 Å². The van der Waals surface area contributed by atoms with Gasteiger partial charge in [0.2, 0.25) is 5.91 Å². The Labute approximate surface area is 126 Å². The molecule has 0 aromatic carbocycles. The van der Waals surface area contributed by atoms with E-state index in [2.05, 4.69) is 10.6 Å². The summed E-state index contributed by atoms with van der Waals surface area (Å²) in [5.41, 5.74) is 0. The SMILES string of the molecule is O=C(CCC1CCCNC1)NCC1CCCCC1C(=O)O. The minimum Gasteiger partial charge on any atom is -0.481 e. The molecule has 1 saturated carbocycles. The monoisotopic (exact) mass is 296 g/mol. The Kier molecular flexibility index (Phi) is 6.49. The van der Waals surface area contributed by atoms with E-state index in [1.807, 2.05) is 0 Å². The van der Waals surface area contributed by atoms with Crippen LogP contribution in [0.2, 0.25) is 0 Å². The van der Waals surface area contributed by atoms with Gasteiger partial charge in [-0.25, -0.2) is 0 Å². The Hall–Kier alpha value is -1.10. The lowest BCUT2D eigenvalue weighted by atomic mass is 9.79. The lowest BCUT2D eigenvalue weighted by Gasteiger charge is -2.28. The summed E-state index contributed by atoms with van der Waals surface area (Å²) in [5, 5.41) is 15.5. The molecule has 0 bridgehead atoms. The van der Waals surface area contributed by atoms with Gasteiger partial charge < -0.3 is 15.7 Å². The first-order chi connectivity index (χ1) is 10.2. The second kappa shape index (κ2) is 8.37. The molecule has 1 saturated heterocycles. The average Bonchev–Trinajstić information content (AvgIpc) is 2.52. The molecule has 2 aliphatic rings. The smallest absolute Gasteiger partial charge is 0.306 e. The lowest BCUT2D eigenvalue weighted by Crippen LogP contribution is -2.37. The van der Waals surface area contributed by atoms with Crippen LogP contribution in [0.15, 0.2) is 0 Å². The Morgan fingerprint density at radius 3 is 2.67 bits per heavy atom. The van der Waals surface area contributed by atoms with Crippen LogP contribution in [0.3, 0.4) is 0 Å². The Balaban J connectivity index is 1.66. The van der Waals surface area contributed by atoms with Crippen molar-refractivity contribution in [2.45, 2.75) is 51.4 Å². The molecule has 0 radical (unpaired) electrons. The first kappa shape index (κ1) is 16.3. The van der Waals surface area contributed by atoms with Crippen molar-refractivity contribution >= 4 is 11.9 Å². The molecule has 1 amide bonds. The highest BCUT2D eigenvalue weighted by Crippen LogP contribution is 2.29. The standard InChI is InChI=1S/C16H28N2O3/c19-15(8-7-12-4-3-9-17-10-12)18-11-13-5-1-2-6-14(13)16(20)21/h12-14,17H,1-11H2,(H,18,19)(H,20,21). The molecule has 1 aliphatic carbocycles. The highest BCUT2D eigenvalue weighted by molar-refractivity contribution is 5.76. The predicted octanol–water partition coefficient (Wildman–Crippen LogP) is 1.77. The van der Waals surface area contributed by atoms with E-state index >= 15 is 0 Å². The molecule has 21 heavy (non-hydrogen) atoms. The van der Waals surface area contributed by atoms with Crippen LogP contribution in [-0.2, 0) is 9.59 Å². The molecule has 3 unspecified atom stereocenters. The Bertz CT molecular complexity index is 353. The van der Waals surface area contributed by atoms with E-state index in [-0.39, 0.29) is 17.7 Å². The maximum Gasteiger partial charge on any atom is 0.306 e. The van der Waals surface area contributed by atoms with Crippen LogP contribution >= 0.6 is 0 Å². The highest BCUT2D eigenvalue weighted by atomic mass is 16.4. The third-order valence-corrected chi connectivity index (χ3v) is 4.97. The number of amides is 1. The second-order valence-electron chi connectivity index (χ2n) is 6.54. The Morgan fingerprint density at radius 2 is 1.95 bits per heavy atom. The molecule has 3 atom stereocenters. The number of carboxylic acid groups (broad SMARTS) is 1. The van der Waals surface area contributed by atoms with E-state index in [0.29, 0.717) is 18.9 Å². The van der Waals surface area contributed by atoms with Gasteiger partial charge in [-0.1, -0.05) is 12.8 Å². The van der Waals surface area contributed by atoms with Crippen molar-refractivity contribution in [1.82, 2.24) is 10.6 Å². The molecule has 1 heterocycles. The second-order valence-corrected chi connectivity index (χ2v) is 6.54. The van der Waals surface area contributed by atoms with Crippen LogP contribution < -0.4 is 10.6 Å². The van der Waals surface area contributed by atoms with Crippen molar-refractivity contribution in [3.05, 3.63) is 0 Å². The molecule has 120 valence electrons. The summed E-state index contributed by atoms with van der Waals surface area (Å²) in [4.78, 5) is 23.1. The zero-order valence-electron chi connectivity index (χ0n) is 12.8. The van der Waals surface area contributed by atoms with Gasteiger partial charge in [0.05, 0.1) is 5.92 Å². The third kappa shape index (κ3) is 5.30. The quantitative estimate of drug-likeness (QED) is 0.698. The molecule has 2 fully saturated rings. The van der Waals surface area contributed by atoms with Crippen molar-refractivity contribution in [1.29, 1.82) is 0 Å². The van der Waals surface area contributed by atoms with Gasteiger partial charge in [-0.15, -0.1) is 0 Å². The molecular weight excluding hydrogens is 268 g/mol. The van der Waals surface area contributed by atoms with Crippen molar-refractivity contribution in [2.75, 3.05) is 19.6 Å². The van der Waals surface area contributed by atoms with Crippen molar-refractivity contribution in [2.24, 2.45) is 17.8 Å². The van der Waals surface area contributed by atoms with E-state index in [9.17, 15) is 14.7 Å². The van der Waals surface area contributed by atoms with Gasteiger partial charge in [-0.3, -0.25) is 9.59 Å². The first-order valence-corrected chi connectivity index (χ1v) is 8.37. The van der Waals surface area contributed by atoms with Gasteiger partial charge in [0.1, 0.15) is 0 Å². The number of rotatable bonds is 6. The summed E-state index contributed by atoms with van der Waals surface area (Å²) in [6, 6.07) is 0. The number of hydrogen-bond donors (Lipinski definition) is 3. The molecule has 1 aliphatic heterocycles. The number of carboxylic acids is 1. The van der Waals surface area contributed by atoms with Crippen molar-refractivity contribution in [3.8, 4) is 0 Å². The van der Waals surface area contributed by atoms with Crippen LogP contribution in [0.5, 0.6) is 0 Å². The molecule has 0 aromatic rings. The van der Waals surface area contributed by atoms with Crippen molar-refractivity contribution < 1.29 is 14.7 Å². The number of piperidine rings is 1. The summed E-state index contributed by atoms with van der Waals surface area (Å²) >= 11 is 0. The summed E-state index contributed by atoms with van der Waals surface area (Å²) in [6.45, 7) is 2.65. The van der Waals surface area contributed by atoms with Crippen LogP contribution in [-0.4, -0.2) is 36.6 Å². The van der Waals surface area contributed by atoms with Gasteiger partial charge in [0, 0.05) is 13.0 Å². The summed E-state index contributed by atoms with van der Waals surface area (Å²) in [6.07, 6.45) is 7.67. The zero-order chi connectivity index (χ0) is 15.1. The van der Waals surface area contributed by atoms with Gasteiger partial charge in [-0.2, -0.15) is 0 Å². The molecular formula is C16H28N2O3. The zero-order valence-corrected chi connectivity index (χ0v) is 12.8. The third-order valence-electron chi connectivity index (χ3n) is 4.97. The number of nitrogens with one attached hydrogen (secondary N) is 2. The van der Waals surface area contributed by atoms with Crippen LogP contribution in [0.4, 0.5) is 0 Å². The number of hydrogen-bond acceptors (Lipinski definition) is 3. The lowest BCUT2D eigenvalue weighted by molar-refractivity contribution is -0.145. The minimum absolute atomic E-state index is 0.0790. The molecule has 5 heteroatoms. The number of carbonyl (C=O) groups excluding carboxylic acids is 1. The van der Waals surface area contributed by atoms with Crippen LogP contribution in [0.1, 0.15) is 51.4 Å². The maximum atomic E-state index is 11.9. The fourth-order valence-electron chi connectivity index (χ4n) is 3.62. The molecule has 0 aromatic heterocycles. The van der Waals surface area contributed by atoms with E-state index in [1.54, 1.807) is 0 Å². The van der Waals surface area contributed by atoms with Crippen molar-refractivity contribution in [3.63, 3.8) is 0 Å². The topological polar surface area (TPSA) is 78.4 Å². The number of carbonyl (C=O) groups is 2. The van der Waals surface area contributed by atoms with Gasteiger partial charge in [0.25, 0.3) is 0 Å². The minimum atomic E-state index is -0.706. The van der Waals surface area contributed by atoms with E-state index in [4.69, 9.17) is 0 Å². The van der Waals surface area contributed by atoms with Gasteiger partial charge in [0.15, 0.2) is 0 Å². The van der Waals surface area contributed by atoms with E-state index < -0.39 is 5.97 Å². The summed E-state index contributed by atoms with van der Waals surface area (Å²) in [5.74, 6) is -0.179. The number of aliphatic carboxylic acids is 1. The maximum absolute atomic E-state index is 11.9. The molecule has 5 nitrogen and oxygen atoms in total. The summed E-state index contributed by atoms with van der Waals surface area (Å²) < 4.78 is 0. The molecule has 2 rings (SSSR count). The summed E-state index contributed by atoms with van der Waals surface area (Å²) in [7, 11) is 0. The molecule has 3 N–H and O–H groups in total. The van der Waals surface area contributed by atoms with Gasteiger partial charge >= 0.3 is 5.97 Å². The van der Waals surface area contributed by atoms with E-state index in [1.165, 1.54) is 12.8 Å². The first-order valence-electron chi connectivity index (χ1n) is 8.37. The normalized spacial score (nSPS) is 29.8. The fraction of sp³-hybridized carbons (Fsp3) is 0.875. The van der Waals surface area contributed by atoms with Crippen LogP contribution in [0, 0.1) is 17.8 Å². The predicted molar refractivity (Wildman–Crippen MR) is 80.9 cm³/mol. The largest absolute Gasteiger partial charge is 0.481 e. The fourth-order valence-corrected chi connectivity index (χ4v) is 3.62. The Morgan fingerprint density at radius 1 is 1.14 bits per heavy atom. The molecule has 0 spiro atoms. The van der Waals surface area contributed by atoms with Crippen LogP contribution in [0.25, 0.3) is 0 Å². The average molecular weight is 296 g/mol.